The van der Waals surface area contributed by atoms with Crippen LogP contribution in [0.3, 0.4) is 0 Å². The fraction of sp³-hybridized carbons (Fsp3) is 0.308. The summed E-state index contributed by atoms with van der Waals surface area (Å²) in [6.07, 6.45) is 0. The van der Waals surface area contributed by atoms with Crippen LogP contribution in [0.1, 0.15) is 28.2 Å². The number of oxime groups is 1. The number of aromatic nitrogens is 3. The molecule has 0 aromatic carbocycles. The molecule has 0 aliphatic carbocycles. The molecule has 0 atom stereocenters. The van der Waals surface area contributed by atoms with E-state index in [9.17, 15) is 0 Å². The van der Waals surface area contributed by atoms with Gasteiger partial charge in [0.05, 0.1) is 21.4 Å². The summed E-state index contributed by atoms with van der Waals surface area (Å²) in [6, 6.07) is 1.89. The fourth-order valence-corrected chi connectivity index (χ4v) is 2.41. The Morgan fingerprint density at radius 2 is 2.00 bits per heavy atom. The van der Waals surface area contributed by atoms with Gasteiger partial charge in [0.2, 0.25) is 0 Å². The van der Waals surface area contributed by atoms with Crippen LogP contribution in [0, 0.1) is 27.7 Å². The lowest BCUT2D eigenvalue weighted by Gasteiger charge is -2.13. The normalized spacial score (nSPS) is 11.9. The van der Waals surface area contributed by atoms with E-state index in [0.717, 1.165) is 27.1 Å². The molecular formula is C13H16BrN5O. The molecule has 20 heavy (non-hydrogen) atoms. The molecule has 0 aliphatic rings. The van der Waals surface area contributed by atoms with Crippen molar-refractivity contribution in [2.45, 2.75) is 27.7 Å². The van der Waals surface area contributed by atoms with Gasteiger partial charge in [0.1, 0.15) is 0 Å². The van der Waals surface area contributed by atoms with E-state index in [0.29, 0.717) is 11.4 Å². The second kappa shape index (κ2) is 5.24. The van der Waals surface area contributed by atoms with Crippen molar-refractivity contribution in [2.75, 3.05) is 0 Å². The van der Waals surface area contributed by atoms with Gasteiger partial charge in [-0.15, -0.1) is 0 Å². The highest BCUT2D eigenvalue weighted by atomic mass is 79.9. The van der Waals surface area contributed by atoms with Gasteiger partial charge >= 0.3 is 0 Å². The average Bonchev–Trinajstić information content (AvgIpc) is 2.65. The van der Waals surface area contributed by atoms with E-state index in [1.165, 1.54) is 0 Å². The molecule has 2 rings (SSSR count). The van der Waals surface area contributed by atoms with Crippen LogP contribution in [0.4, 0.5) is 0 Å². The second-order valence-corrected chi connectivity index (χ2v) is 5.45. The van der Waals surface area contributed by atoms with Gasteiger partial charge in [0.15, 0.2) is 11.7 Å². The lowest BCUT2D eigenvalue weighted by molar-refractivity contribution is 0.318. The second-order valence-electron chi connectivity index (χ2n) is 4.66. The van der Waals surface area contributed by atoms with Crippen LogP contribution in [0.25, 0.3) is 5.82 Å². The van der Waals surface area contributed by atoms with Crippen molar-refractivity contribution < 1.29 is 5.21 Å². The third-order valence-electron chi connectivity index (χ3n) is 3.09. The van der Waals surface area contributed by atoms with E-state index in [-0.39, 0.29) is 5.84 Å². The number of nitrogens with zero attached hydrogens (tertiary/aromatic N) is 4. The Morgan fingerprint density at radius 3 is 2.50 bits per heavy atom. The first-order valence-electron chi connectivity index (χ1n) is 6.05. The van der Waals surface area contributed by atoms with Crippen LogP contribution in [0.5, 0.6) is 0 Å². The summed E-state index contributed by atoms with van der Waals surface area (Å²) >= 11 is 3.49. The van der Waals surface area contributed by atoms with Gasteiger partial charge in [-0.05, 0) is 55.3 Å². The summed E-state index contributed by atoms with van der Waals surface area (Å²) < 4.78 is 2.62. The molecule has 0 aliphatic heterocycles. The van der Waals surface area contributed by atoms with Gasteiger partial charge in [-0.2, -0.15) is 5.10 Å². The molecule has 0 radical (unpaired) electrons. The van der Waals surface area contributed by atoms with E-state index < -0.39 is 0 Å². The summed E-state index contributed by atoms with van der Waals surface area (Å²) in [7, 11) is 0. The minimum atomic E-state index is 0.0219. The van der Waals surface area contributed by atoms with Crippen molar-refractivity contribution in [1.29, 1.82) is 0 Å². The number of rotatable bonds is 2. The highest BCUT2D eigenvalue weighted by Crippen LogP contribution is 2.25. The predicted octanol–water partition coefficient (Wildman–Crippen LogP) is 2.36. The molecule has 0 fully saturated rings. The first-order valence-corrected chi connectivity index (χ1v) is 6.84. The zero-order valence-corrected chi connectivity index (χ0v) is 13.4. The lowest BCUT2D eigenvalue weighted by atomic mass is 10.1. The van der Waals surface area contributed by atoms with Crippen LogP contribution in [-0.2, 0) is 0 Å². The number of nitrogens with two attached hydrogens (primary N) is 1. The molecule has 2 aromatic rings. The SMILES string of the molecule is Cc1cc(C)c(C(N)=NO)c(-n2nc(C)c(Br)c2C)n1. The number of halogens is 1. The molecule has 106 valence electrons. The molecule has 0 bridgehead atoms. The van der Waals surface area contributed by atoms with Gasteiger partial charge < -0.3 is 10.9 Å². The van der Waals surface area contributed by atoms with Crippen LogP contribution >= 0.6 is 15.9 Å². The Bertz CT molecular complexity index is 705. The van der Waals surface area contributed by atoms with E-state index in [4.69, 9.17) is 10.9 Å². The Labute approximate surface area is 125 Å². The Hall–Kier alpha value is -1.89. The summed E-state index contributed by atoms with van der Waals surface area (Å²) in [5, 5.41) is 16.5. The number of hydrogen-bond donors (Lipinski definition) is 2. The summed E-state index contributed by atoms with van der Waals surface area (Å²) in [4.78, 5) is 4.50. The van der Waals surface area contributed by atoms with Gasteiger partial charge in [0.25, 0.3) is 0 Å². The van der Waals surface area contributed by atoms with Crippen molar-refractivity contribution in [1.82, 2.24) is 14.8 Å². The molecule has 2 heterocycles. The molecule has 0 spiro atoms. The number of aryl methyl sites for hydroxylation is 3. The molecular weight excluding hydrogens is 322 g/mol. The van der Waals surface area contributed by atoms with Gasteiger partial charge in [-0.1, -0.05) is 5.16 Å². The molecule has 3 N–H and O–H groups in total. The monoisotopic (exact) mass is 337 g/mol. The maximum absolute atomic E-state index is 8.98. The Kier molecular flexibility index (Phi) is 3.80. The van der Waals surface area contributed by atoms with E-state index in [1.807, 2.05) is 33.8 Å². The minimum absolute atomic E-state index is 0.0219. The number of hydrogen-bond acceptors (Lipinski definition) is 4. The van der Waals surface area contributed by atoms with Crippen molar-refractivity contribution in [3.05, 3.63) is 38.7 Å². The first-order chi connectivity index (χ1) is 9.36. The van der Waals surface area contributed by atoms with Crippen LogP contribution in [0.2, 0.25) is 0 Å². The van der Waals surface area contributed by atoms with Crippen LogP contribution in [-0.4, -0.2) is 25.8 Å². The van der Waals surface area contributed by atoms with Crippen molar-refractivity contribution in [3.63, 3.8) is 0 Å². The van der Waals surface area contributed by atoms with E-state index in [1.54, 1.807) is 4.68 Å². The van der Waals surface area contributed by atoms with Crippen molar-refractivity contribution >= 4 is 21.8 Å². The van der Waals surface area contributed by atoms with Crippen molar-refractivity contribution in [2.24, 2.45) is 10.9 Å². The molecule has 6 nitrogen and oxygen atoms in total. The number of amidine groups is 1. The van der Waals surface area contributed by atoms with Gasteiger partial charge in [-0.3, -0.25) is 0 Å². The number of pyridine rings is 1. The third-order valence-corrected chi connectivity index (χ3v) is 4.24. The van der Waals surface area contributed by atoms with E-state index in [2.05, 4.69) is 31.2 Å². The molecule has 7 heteroatoms. The molecule has 2 aromatic heterocycles. The van der Waals surface area contributed by atoms with E-state index >= 15 is 0 Å². The zero-order valence-electron chi connectivity index (χ0n) is 11.8. The summed E-state index contributed by atoms with van der Waals surface area (Å²) in [6.45, 7) is 7.62. The minimum Gasteiger partial charge on any atom is -0.409 e. The highest BCUT2D eigenvalue weighted by Gasteiger charge is 2.19. The maximum Gasteiger partial charge on any atom is 0.174 e. The van der Waals surface area contributed by atoms with Crippen LogP contribution in [0.15, 0.2) is 15.7 Å². The Morgan fingerprint density at radius 1 is 1.35 bits per heavy atom. The van der Waals surface area contributed by atoms with Crippen LogP contribution < -0.4 is 5.73 Å². The fourth-order valence-electron chi connectivity index (χ4n) is 2.17. The first kappa shape index (κ1) is 14.5. The molecule has 0 amide bonds. The van der Waals surface area contributed by atoms with Gasteiger partial charge in [0, 0.05) is 5.69 Å². The summed E-state index contributed by atoms with van der Waals surface area (Å²) in [5.74, 6) is 0.581. The molecule has 0 saturated carbocycles. The third kappa shape index (κ3) is 2.29. The lowest BCUT2D eigenvalue weighted by Crippen LogP contribution is -2.20. The van der Waals surface area contributed by atoms with Gasteiger partial charge in [-0.25, -0.2) is 9.67 Å². The zero-order chi connectivity index (χ0) is 15.0. The smallest absolute Gasteiger partial charge is 0.174 e. The van der Waals surface area contributed by atoms with Crippen molar-refractivity contribution in [3.8, 4) is 5.82 Å². The standard InChI is InChI=1S/C13H16BrN5O/c1-6-5-7(2)16-13(10(6)12(15)18-20)19-9(4)11(14)8(3)17-19/h5,20H,1-4H3,(H2,15,18). The maximum atomic E-state index is 8.98. The quantitative estimate of drug-likeness (QED) is 0.381. The highest BCUT2D eigenvalue weighted by molar-refractivity contribution is 9.10. The Balaban J connectivity index is 2.82. The molecule has 0 saturated heterocycles. The molecule has 0 unspecified atom stereocenters. The average molecular weight is 338 g/mol. The topological polar surface area (TPSA) is 89.3 Å². The largest absolute Gasteiger partial charge is 0.409 e. The summed E-state index contributed by atoms with van der Waals surface area (Å²) in [5.41, 5.74) is 9.85. The predicted molar refractivity (Wildman–Crippen MR) is 80.5 cm³/mol.